The summed E-state index contributed by atoms with van der Waals surface area (Å²) in [5, 5.41) is 3.01. The Morgan fingerprint density at radius 1 is 1.30 bits per heavy atom. The highest BCUT2D eigenvalue weighted by atomic mass is 79.9. The van der Waals surface area contributed by atoms with Crippen molar-refractivity contribution in [3.05, 3.63) is 28.7 Å². The van der Waals surface area contributed by atoms with Crippen molar-refractivity contribution in [1.29, 1.82) is 0 Å². The van der Waals surface area contributed by atoms with Crippen LogP contribution < -0.4 is 10.2 Å². The van der Waals surface area contributed by atoms with Crippen molar-refractivity contribution >= 4 is 37.5 Å². The summed E-state index contributed by atoms with van der Waals surface area (Å²) in [4.78, 5) is 15.0. The number of carbonyl (C=O) groups excluding carboxylic acids is 1. The maximum absolute atomic E-state index is 12.6. The van der Waals surface area contributed by atoms with Gasteiger partial charge in [-0.15, -0.1) is 0 Å². The van der Waals surface area contributed by atoms with Crippen molar-refractivity contribution in [2.45, 2.75) is 38.6 Å². The van der Waals surface area contributed by atoms with Gasteiger partial charge < -0.3 is 10.2 Å². The van der Waals surface area contributed by atoms with Gasteiger partial charge in [0.25, 0.3) is 0 Å². The maximum atomic E-state index is 12.6. The molecule has 0 saturated carbocycles. The molecule has 2 aliphatic heterocycles. The Balaban J connectivity index is 1.52. The Morgan fingerprint density at radius 3 is 2.85 bits per heavy atom. The standard InChI is InChI=1S/C19H28BrN3O3S/c1-2-11-27(25,26)23-9-4-7-18(23)19(24)21-13-15-8-10-22(14-15)17-6-3-5-16(20)12-17/h3,5-6,12,15,18H,2,4,7-11,13-14H2,1H3,(H,21,24). The molecule has 2 unspecified atom stereocenters. The fourth-order valence-corrected chi connectivity index (χ4v) is 6.11. The lowest BCUT2D eigenvalue weighted by Gasteiger charge is -2.24. The number of rotatable bonds is 7. The zero-order valence-electron chi connectivity index (χ0n) is 15.7. The zero-order valence-corrected chi connectivity index (χ0v) is 18.1. The molecule has 0 aromatic heterocycles. The molecular weight excluding hydrogens is 430 g/mol. The topological polar surface area (TPSA) is 69.7 Å². The molecule has 1 aromatic rings. The number of hydrogen-bond acceptors (Lipinski definition) is 4. The van der Waals surface area contributed by atoms with Gasteiger partial charge >= 0.3 is 0 Å². The highest BCUT2D eigenvalue weighted by molar-refractivity contribution is 9.10. The van der Waals surface area contributed by atoms with E-state index in [0.29, 0.717) is 31.8 Å². The van der Waals surface area contributed by atoms with E-state index in [9.17, 15) is 13.2 Å². The largest absolute Gasteiger partial charge is 0.371 e. The van der Waals surface area contributed by atoms with Crippen LogP contribution in [0.3, 0.4) is 0 Å². The third-order valence-electron chi connectivity index (χ3n) is 5.35. The van der Waals surface area contributed by atoms with Crippen LogP contribution in [0.15, 0.2) is 28.7 Å². The van der Waals surface area contributed by atoms with E-state index < -0.39 is 16.1 Å². The van der Waals surface area contributed by atoms with Gasteiger partial charge in [-0.2, -0.15) is 4.31 Å². The smallest absolute Gasteiger partial charge is 0.238 e. The van der Waals surface area contributed by atoms with Crippen molar-refractivity contribution < 1.29 is 13.2 Å². The minimum absolute atomic E-state index is 0.112. The molecule has 2 fully saturated rings. The molecule has 0 bridgehead atoms. The number of carbonyl (C=O) groups is 1. The molecule has 6 nitrogen and oxygen atoms in total. The van der Waals surface area contributed by atoms with Gasteiger partial charge in [-0.05, 0) is 49.8 Å². The second-order valence-corrected chi connectivity index (χ2v) is 10.4. The van der Waals surface area contributed by atoms with E-state index in [0.717, 1.165) is 30.4 Å². The van der Waals surface area contributed by atoms with E-state index in [-0.39, 0.29) is 11.7 Å². The van der Waals surface area contributed by atoms with Crippen LogP contribution >= 0.6 is 15.9 Å². The number of anilines is 1. The first kappa shape index (κ1) is 20.6. The zero-order chi connectivity index (χ0) is 19.4. The van der Waals surface area contributed by atoms with Gasteiger partial charge in [0, 0.05) is 36.3 Å². The molecule has 2 atom stereocenters. The Hall–Kier alpha value is -1.12. The summed E-state index contributed by atoms with van der Waals surface area (Å²) in [5.74, 6) is 0.351. The van der Waals surface area contributed by atoms with Gasteiger partial charge in [-0.3, -0.25) is 4.79 Å². The Morgan fingerprint density at radius 2 is 2.11 bits per heavy atom. The Bertz CT molecular complexity index is 771. The first-order valence-electron chi connectivity index (χ1n) is 9.68. The SMILES string of the molecule is CCCS(=O)(=O)N1CCCC1C(=O)NCC1CCN(c2cccc(Br)c2)C1. The number of nitrogens with one attached hydrogen (secondary N) is 1. The Kier molecular flexibility index (Phi) is 6.81. The van der Waals surface area contributed by atoms with Gasteiger partial charge in [-0.25, -0.2) is 8.42 Å². The van der Waals surface area contributed by atoms with E-state index in [4.69, 9.17) is 0 Å². The van der Waals surface area contributed by atoms with Crippen LogP contribution in [0.25, 0.3) is 0 Å². The van der Waals surface area contributed by atoms with Crippen LogP contribution in [-0.4, -0.2) is 56.6 Å². The fourth-order valence-electron chi connectivity index (χ4n) is 3.98. The number of sulfonamides is 1. The quantitative estimate of drug-likeness (QED) is 0.682. The molecule has 1 amide bonds. The van der Waals surface area contributed by atoms with Gasteiger partial charge in [0.2, 0.25) is 15.9 Å². The predicted molar refractivity (Wildman–Crippen MR) is 111 cm³/mol. The number of nitrogens with zero attached hydrogens (tertiary/aromatic N) is 2. The molecule has 1 aromatic carbocycles. The average Bonchev–Trinajstić information content (AvgIpc) is 3.29. The van der Waals surface area contributed by atoms with E-state index in [2.05, 4.69) is 38.3 Å². The molecule has 0 radical (unpaired) electrons. The molecule has 1 N–H and O–H groups in total. The summed E-state index contributed by atoms with van der Waals surface area (Å²) >= 11 is 3.51. The van der Waals surface area contributed by atoms with E-state index in [1.165, 1.54) is 9.99 Å². The van der Waals surface area contributed by atoms with Crippen LogP contribution in [0.5, 0.6) is 0 Å². The van der Waals surface area contributed by atoms with Gasteiger partial charge in [0.1, 0.15) is 6.04 Å². The molecule has 3 rings (SSSR count). The molecule has 27 heavy (non-hydrogen) atoms. The lowest BCUT2D eigenvalue weighted by atomic mass is 10.1. The Labute approximate surface area is 170 Å². The molecule has 2 heterocycles. The van der Waals surface area contributed by atoms with Crippen LogP contribution in [0, 0.1) is 5.92 Å². The van der Waals surface area contributed by atoms with Crippen molar-refractivity contribution in [2.24, 2.45) is 5.92 Å². The summed E-state index contributed by atoms with van der Waals surface area (Å²) in [7, 11) is -3.33. The minimum Gasteiger partial charge on any atom is -0.371 e. The molecule has 2 aliphatic rings. The fraction of sp³-hybridized carbons (Fsp3) is 0.632. The van der Waals surface area contributed by atoms with E-state index in [1.54, 1.807) is 0 Å². The average molecular weight is 458 g/mol. The van der Waals surface area contributed by atoms with Gasteiger partial charge in [0.05, 0.1) is 5.75 Å². The first-order chi connectivity index (χ1) is 12.9. The van der Waals surface area contributed by atoms with Crippen LogP contribution in [0.4, 0.5) is 5.69 Å². The number of hydrogen-bond donors (Lipinski definition) is 1. The van der Waals surface area contributed by atoms with Crippen molar-refractivity contribution in [1.82, 2.24) is 9.62 Å². The third-order valence-corrected chi connectivity index (χ3v) is 7.92. The summed E-state index contributed by atoms with van der Waals surface area (Å²) in [6, 6.07) is 7.71. The number of amides is 1. The first-order valence-corrected chi connectivity index (χ1v) is 12.1. The highest BCUT2D eigenvalue weighted by Crippen LogP contribution is 2.26. The van der Waals surface area contributed by atoms with Crippen LogP contribution in [0.1, 0.15) is 32.6 Å². The normalized spacial score (nSPS) is 23.7. The van der Waals surface area contributed by atoms with Crippen molar-refractivity contribution in [3.63, 3.8) is 0 Å². The maximum Gasteiger partial charge on any atom is 0.238 e. The second-order valence-electron chi connectivity index (χ2n) is 7.41. The lowest BCUT2D eigenvalue weighted by Crippen LogP contribution is -2.47. The summed E-state index contributed by atoms with van der Waals surface area (Å²) in [6.07, 6.45) is 2.96. The number of halogens is 1. The monoisotopic (exact) mass is 457 g/mol. The molecule has 0 aliphatic carbocycles. The summed E-state index contributed by atoms with van der Waals surface area (Å²) in [6.45, 7) is 4.78. The van der Waals surface area contributed by atoms with Crippen LogP contribution in [0.2, 0.25) is 0 Å². The molecule has 2 saturated heterocycles. The molecular formula is C19H28BrN3O3S. The lowest BCUT2D eigenvalue weighted by molar-refractivity contribution is -0.124. The summed E-state index contributed by atoms with van der Waals surface area (Å²) in [5.41, 5.74) is 1.19. The summed E-state index contributed by atoms with van der Waals surface area (Å²) < 4.78 is 27.2. The predicted octanol–water partition coefficient (Wildman–Crippen LogP) is 2.60. The third kappa shape index (κ3) is 5.03. The van der Waals surface area contributed by atoms with Crippen molar-refractivity contribution in [3.8, 4) is 0 Å². The van der Waals surface area contributed by atoms with Gasteiger partial charge in [0.15, 0.2) is 0 Å². The molecule has 8 heteroatoms. The van der Waals surface area contributed by atoms with E-state index >= 15 is 0 Å². The minimum atomic E-state index is -3.33. The second kappa shape index (κ2) is 8.92. The highest BCUT2D eigenvalue weighted by Gasteiger charge is 2.38. The van der Waals surface area contributed by atoms with Crippen LogP contribution in [-0.2, 0) is 14.8 Å². The molecule has 0 spiro atoms. The number of benzene rings is 1. The van der Waals surface area contributed by atoms with Crippen molar-refractivity contribution in [2.75, 3.05) is 36.8 Å². The van der Waals surface area contributed by atoms with Gasteiger partial charge in [-0.1, -0.05) is 28.9 Å². The molecule has 150 valence electrons. The van der Waals surface area contributed by atoms with E-state index in [1.807, 2.05) is 19.1 Å².